The molecule has 3 rings (SSSR count). The molecule has 7 nitrogen and oxygen atoms in total. The molecular formula is C16H17FN2O5. The van der Waals surface area contributed by atoms with E-state index in [1.165, 1.54) is 24.1 Å². The number of fused-ring (bicyclic) bond motifs is 1. The minimum absolute atomic E-state index is 0.0993. The quantitative estimate of drug-likeness (QED) is 0.857. The van der Waals surface area contributed by atoms with Crippen molar-refractivity contribution in [1.29, 1.82) is 0 Å². The van der Waals surface area contributed by atoms with Crippen molar-refractivity contribution in [3.63, 3.8) is 0 Å². The first-order valence-electron chi connectivity index (χ1n) is 7.56. The summed E-state index contributed by atoms with van der Waals surface area (Å²) in [7, 11) is 1.46. The number of likely N-dealkylation sites (tertiary alicyclic amines) is 1. The molecule has 1 aromatic rings. The Labute approximate surface area is 137 Å². The van der Waals surface area contributed by atoms with Crippen molar-refractivity contribution in [3.8, 4) is 0 Å². The van der Waals surface area contributed by atoms with Crippen LogP contribution in [0.5, 0.6) is 0 Å². The van der Waals surface area contributed by atoms with Crippen molar-refractivity contribution < 1.29 is 28.6 Å². The molecule has 8 heteroatoms. The second-order valence-electron chi connectivity index (χ2n) is 5.97. The molecule has 0 spiro atoms. The van der Waals surface area contributed by atoms with Gasteiger partial charge in [-0.05, 0) is 17.7 Å². The molecule has 2 N–H and O–H groups in total. The van der Waals surface area contributed by atoms with Crippen molar-refractivity contribution in [2.75, 3.05) is 19.0 Å². The standard InChI is InChI=1S/C16H17FN2O5/c1-24-9-5-13(16(22)23)19(7-9)15(21)11-6-14(20)18-12-4-8(17)2-3-10(11)12/h2-4,9,11,13H,5-7H2,1H3,(H,18,20)(H,22,23). The molecule has 1 fully saturated rings. The van der Waals surface area contributed by atoms with Crippen molar-refractivity contribution in [3.05, 3.63) is 29.6 Å². The fourth-order valence-corrected chi connectivity index (χ4v) is 3.30. The Morgan fingerprint density at radius 2 is 2.17 bits per heavy atom. The number of aliphatic carboxylic acids is 1. The van der Waals surface area contributed by atoms with Crippen LogP contribution in [-0.4, -0.2) is 53.6 Å². The number of amides is 2. The highest BCUT2D eigenvalue weighted by atomic mass is 19.1. The number of hydrogen-bond acceptors (Lipinski definition) is 4. The van der Waals surface area contributed by atoms with Gasteiger partial charge in [-0.3, -0.25) is 9.59 Å². The highest BCUT2D eigenvalue weighted by molar-refractivity contribution is 6.01. The first kappa shape index (κ1) is 16.4. The van der Waals surface area contributed by atoms with Gasteiger partial charge in [-0.15, -0.1) is 0 Å². The number of nitrogens with zero attached hydrogens (tertiary/aromatic N) is 1. The van der Waals surface area contributed by atoms with Gasteiger partial charge in [0, 0.05) is 32.2 Å². The first-order chi connectivity index (χ1) is 11.4. The predicted octanol–water partition coefficient (Wildman–Crippen LogP) is 0.952. The van der Waals surface area contributed by atoms with Gasteiger partial charge in [-0.25, -0.2) is 9.18 Å². The number of carbonyl (C=O) groups excluding carboxylic acids is 2. The summed E-state index contributed by atoms with van der Waals surface area (Å²) in [5, 5.41) is 11.9. The SMILES string of the molecule is COC1CC(C(=O)O)N(C(=O)C2CC(=O)Nc3cc(F)ccc32)C1. The van der Waals surface area contributed by atoms with Crippen LogP contribution in [0.25, 0.3) is 0 Å². The van der Waals surface area contributed by atoms with Crippen LogP contribution in [-0.2, 0) is 19.1 Å². The Kier molecular flexibility index (Phi) is 4.23. The zero-order chi connectivity index (χ0) is 17.4. The molecule has 0 saturated carbocycles. The van der Waals surface area contributed by atoms with E-state index in [9.17, 15) is 23.9 Å². The Morgan fingerprint density at radius 3 is 2.83 bits per heavy atom. The van der Waals surface area contributed by atoms with E-state index >= 15 is 0 Å². The minimum atomic E-state index is -1.11. The number of hydrogen-bond donors (Lipinski definition) is 2. The van der Waals surface area contributed by atoms with Gasteiger partial charge in [-0.1, -0.05) is 6.07 Å². The van der Waals surface area contributed by atoms with Crippen LogP contribution in [0.15, 0.2) is 18.2 Å². The zero-order valence-corrected chi connectivity index (χ0v) is 13.0. The lowest BCUT2D eigenvalue weighted by molar-refractivity contribution is -0.149. The minimum Gasteiger partial charge on any atom is -0.480 e. The third-order valence-corrected chi connectivity index (χ3v) is 4.52. The summed E-state index contributed by atoms with van der Waals surface area (Å²) in [6.07, 6.45) is -0.259. The van der Waals surface area contributed by atoms with Gasteiger partial charge >= 0.3 is 5.97 Å². The molecule has 0 aromatic heterocycles. The maximum atomic E-state index is 13.4. The summed E-state index contributed by atoms with van der Waals surface area (Å²) >= 11 is 0. The van der Waals surface area contributed by atoms with Gasteiger partial charge in [0.1, 0.15) is 11.9 Å². The summed E-state index contributed by atoms with van der Waals surface area (Å²) in [5.41, 5.74) is 0.741. The molecule has 0 radical (unpaired) electrons. The van der Waals surface area contributed by atoms with E-state index in [1.54, 1.807) is 0 Å². The summed E-state index contributed by atoms with van der Waals surface area (Å²) in [6, 6.07) is 2.83. The lowest BCUT2D eigenvalue weighted by Crippen LogP contribution is -2.44. The number of carboxylic acid groups (broad SMARTS) is 1. The van der Waals surface area contributed by atoms with E-state index in [0.29, 0.717) is 5.56 Å². The van der Waals surface area contributed by atoms with E-state index in [-0.39, 0.29) is 31.2 Å². The van der Waals surface area contributed by atoms with Gasteiger partial charge in [0.05, 0.1) is 12.0 Å². The number of ether oxygens (including phenoxy) is 1. The molecule has 3 unspecified atom stereocenters. The van der Waals surface area contributed by atoms with Gasteiger partial charge in [0.15, 0.2) is 0 Å². The molecule has 1 aromatic carbocycles. The van der Waals surface area contributed by atoms with Crippen molar-refractivity contribution in [1.82, 2.24) is 4.90 Å². The van der Waals surface area contributed by atoms with E-state index in [1.807, 2.05) is 0 Å². The largest absolute Gasteiger partial charge is 0.480 e. The van der Waals surface area contributed by atoms with Crippen LogP contribution in [0.1, 0.15) is 24.3 Å². The molecule has 24 heavy (non-hydrogen) atoms. The van der Waals surface area contributed by atoms with Crippen molar-refractivity contribution in [2.24, 2.45) is 0 Å². The molecule has 3 atom stereocenters. The number of carbonyl (C=O) groups is 3. The normalized spacial score (nSPS) is 26.0. The molecule has 2 heterocycles. The fraction of sp³-hybridized carbons (Fsp3) is 0.438. The molecule has 2 aliphatic heterocycles. The first-order valence-corrected chi connectivity index (χ1v) is 7.56. The zero-order valence-electron chi connectivity index (χ0n) is 13.0. The Balaban J connectivity index is 1.92. The van der Waals surface area contributed by atoms with Crippen molar-refractivity contribution in [2.45, 2.75) is 30.9 Å². The van der Waals surface area contributed by atoms with E-state index in [4.69, 9.17) is 4.74 Å². The molecule has 0 bridgehead atoms. The molecule has 0 aliphatic carbocycles. The van der Waals surface area contributed by atoms with E-state index in [2.05, 4.69) is 5.32 Å². The summed E-state index contributed by atoms with van der Waals surface area (Å²) in [5.74, 6) is -3.31. The number of carboxylic acids is 1. The van der Waals surface area contributed by atoms with Gasteiger partial charge in [0.2, 0.25) is 11.8 Å². The highest BCUT2D eigenvalue weighted by Gasteiger charge is 2.43. The second-order valence-corrected chi connectivity index (χ2v) is 5.97. The summed E-state index contributed by atoms with van der Waals surface area (Å²) < 4.78 is 18.6. The van der Waals surface area contributed by atoms with Crippen LogP contribution < -0.4 is 5.32 Å². The van der Waals surface area contributed by atoms with Crippen LogP contribution in [0.2, 0.25) is 0 Å². The van der Waals surface area contributed by atoms with Crippen LogP contribution in [0.3, 0.4) is 0 Å². The third-order valence-electron chi connectivity index (χ3n) is 4.52. The Morgan fingerprint density at radius 1 is 1.42 bits per heavy atom. The topological polar surface area (TPSA) is 95.9 Å². The number of anilines is 1. The Hall–Kier alpha value is -2.48. The van der Waals surface area contributed by atoms with Crippen molar-refractivity contribution >= 4 is 23.5 Å². The average Bonchev–Trinajstić information content (AvgIpc) is 2.97. The summed E-state index contributed by atoms with van der Waals surface area (Å²) in [4.78, 5) is 37.4. The fourth-order valence-electron chi connectivity index (χ4n) is 3.30. The third kappa shape index (κ3) is 2.84. The molecule has 2 aliphatic rings. The highest BCUT2D eigenvalue weighted by Crippen LogP contribution is 2.36. The van der Waals surface area contributed by atoms with Gasteiger partial charge < -0.3 is 20.1 Å². The lowest BCUT2D eigenvalue weighted by atomic mass is 9.89. The lowest BCUT2D eigenvalue weighted by Gasteiger charge is -2.30. The average molecular weight is 336 g/mol. The molecule has 1 saturated heterocycles. The van der Waals surface area contributed by atoms with Crippen LogP contribution in [0.4, 0.5) is 10.1 Å². The smallest absolute Gasteiger partial charge is 0.326 e. The summed E-state index contributed by atoms with van der Waals surface area (Å²) in [6.45, 7) is 0.154. The number of methoxy groups -OCH3 is 1. The monoisotopic (exact) mass is 336 g/mol. The van der Waals surface area contributed by atoms with E-state index < -0.39 is 35.6 Å². The number of benzene rings is 1. The number of rotatable bonds is 3. The van der Waals surface area contributed by atoms with Gasteiger partial charge in [-0.2, -0.15) is 0 Å². The molecule has 2 amide bonds. The molecule has 128 valence electrons. The second kappa shape index (κ2) is 6.20. The maximum Gasteiger partial charge on any atom is 0.326 e. The number of halogens is 1. The van der Waals surface area contributed by atoms with Gasteiger partial charge in [0.25, 0.3) is 0 Å². The maximum absolute atomic E-state index is 13.4. The van der Waals surface area contributed by atoms with Crippen LogP contribution >= 0.6 is 0 Å². The van der Waals surface area contributed by atoms with E-state index in [0.717, 1.165) is 6.07 Å². The Bertz CT molecular complexity index is 708. The van der Waals surface area contributed by atoms with Crippen LogP contribution in [0, 0.1) is 5.82 Å². The molecular weight excluding hydrogens is 319 g/mol. The number of nitrogens with one attached hydrogen (secondary N) is 1. The predicted molar refractivity (Wildman–Crippen MR) is 80.9 cm³/mol.